The molecule has 1 aromatic heterocycles. The minimum absolute atomic E-state index is 0.401. The van der Waals surface area contributed by atoms with Gasteiger partial charge in [0.2, 0.25) is 0 Å². The molecule has 0 saturated heterocycles. The summed E-state index contributed by atoms with van der Waals surface area (Å²) in [5.74, 6) is 1.61. The smallest absolute Gasteiger partial charge is 0.161 e. The molecule has 2 N–H and O–H groups in total. The molecule has 0 spiro atoms. The lowest BCUT2D eigenvalue weighted by atomic mass is 10.1. The fourth-order valence-corrected chi connectivity index (χ4v) is 2.18. The second kappa shape index (κ2) is 4.56. The minimum atomic E-state index is 0.401. The highest BCUT2D eigenvalue weighted by Crippen LogP contribution is 2.31. The number of aryl methyl sites for hydroxylation is 1. The lowest BCUT2D eigenvalue weighted by Gasteiger charge is -2.21. The summed E-state index contributed by atoms with van der Waals surface area (Å²) >= 11 is 5.13. The Bertz CT molecular complexity index is 454. The lowest BCUT2D eigenvalue weighted by molar-refractivity contribution is 0.763. The van der Waals surface area contributed by atoms with E-state index in [4.69, 9.17) is 18.0 Å². The van der Waals surface area contributed by atoms with Crippen LogP contribution in [0, 0.1) is 19.8 Å². The number of nitrogens with zero attached hydrogens (tertiary/aromatic N) is 3. The highest BCUT2D eigenvalue weighted by molar-refractivity contribution is 7.80. The van der Waals surface area contributed by atoms with Gasteiger partial charge in [0.1, 0.15) is 4.99 Å². The third-order valence-corrected chi connectivity index (χ3v) is 3.48. The first-order chi connectivity index (χ1) is 8.00. The van der Waals surface area contributed by atoms with E-state index in [2.05, 4.69) is 15.1 Å². The molecule has 0 aromatic carbocycles. The van der Waals surface area contributed by atoms with Gasteiger partial charge in [-0.05, 0) is 38.2 Å². The Labute approximate surface area is 107 Å². The van der Waals surface area contributed by atoms with Crippen molar-refractivity contribution in [2.24, 2.45) is 11.7 Å². The van der Waals surface area contributed by atoms with Crippen LogP contribution in [0.1, 0.15) is 29.7 Å². The van der Waals surface area contributed by atoms with E-state index >= 15 is 0 Å². The molecule has 4 nitrogen and oxygen atoms in total. The van der Waals surface area contributed by atoms with Crippen LogP contribution in [0.2, 0.25) is 0 Å². The van der Waals surface area contributed by atoms with Gasteiger partial charge in [-0.2, -0.15) is 5.10 Å². The van der Waals surface area contributed by atoms with Gasteiger partial charge in [0.05, 0.1) is 11.3 Å². The first-order valence-corrected chi connectivity index (χ1v) is 6.26. The zero-order valence-electron chi connectivity index (χ0n) is 10.5. The number of nitrogens with two attached hydrogens (primary N) is 1. The molecule has 1 aromatic rings. The predicted octanol–water partition coefficient (Wildman–Crippen LogP) is 1.57. The zero-order valence-corrected chi connectivity index (χ0v) is 11.3. The van der Waals surface area contributed by atoms with Crippen molar-refractivity contribution in [2.75, 3.05) is 18.5 Å². The number of aromatic nitrogens is 2. The number of thiocarbonyl (C=S) groups is 1. The van der Waals surface area contributed by atoms with Gasteiger partial charge < -0.3 is 10.6 Å². The maximum Gasteiger partial charge on any atom is 0.161 e. The Morgan fingerprint density at radius 3 is 2.59 bits per heavy atom. The van der Waals surface area contributed by atoms with Crippen LogP contribution in [-0.4, -0.2) is 28.8 Å². The third kappa shape index (κ3) is 2.54. The van der Waals surface area contributed by atoms with E-state index in [1.807, 2.05) is 20.9 Å². The molecule has 1 heterocycles. The Morgan fingerprint density at radius 1 is 1.41 bits per heavy atom. The van der Waals surface area contributed by atoms with Gasteiger partial charge in [0.15, 0.2) is 5.82 Å². The van der Waals surface area contributed by atoms with Gasteiger partial charge in [-0.3, -0.25) is 0 Å². The second-order valence-electron chi connectivity index (χ2n) is 4.80. The molecular weight excluding hydrogens is 232 g/mol. The van der Waals surface area contributed by atoms with E-state index in [0.717, 1.165) is 35.1 Å². The van der Waals surface area contributed by atoms with E-state index in [1.54, 1.807) is 0 Å². The fourth-order valence-electron chi connectivity index (χ4n) is 1.93. The summed E-state index contributed by atoms with van der Waals surface area (Å²) in [4.78, 5) is 2.52. The van der Waals surface area contributed by atoms with E-state index in [0.29, 0.717) is 4.99 Å². The molecule has 1 aliphatic rings. The van der Waals surface area contributed by atoms with Crippen LogP contribution in [0.5, 0.6) is 0 Å². The van der Waals surface area contributed by atoms with Crippen molar-refractivity contribution in [3.05, 3.63) is 16.8 Å². The van der Waals surface area contributed by atoms with Crippen molar-refractivity contribution >= 4 is 23.0 Å². The van der Waals surface area contributed by atoms with E-state index in [9.17, 15) is 0 Å². The van der Waals surface area contributed by atoms with Crippen molar-refractivity contribution in [1.82, 2.24) is 10.2 Å². The molecule has 1 fully saturated rings. The summed E-state index contributed by atoms with van der Waals surface area (Å²) in [7, 11) is 2.03. The van der Waals surface area contributed by atoms with Gasteiger partial charge in [0, 0.05) is 13.6 Å². The van der Waals surface area contributed by atoms with Gasteiger partial charge in [0.25, 0.3) is 0 Å². The van der Waals surface area contributed by atoms with Gasteiger partial charge >= 0.3 is 0 Å². The van der Waals surface area contributed by atoms with E-state index in [-0.39, 0.29) is 0 Å². The molecule has 0 bridgehead atoms. The monoisotopic (exact) mass is 250 g/mol. The Hall–Kier alpha value is -1.23. The number of anilines is 1. The quantitative estimate of drug-likeness (QED) is 0.822. The highest BCUT2D eigenvalue weighted by Gasteiger charge is 2.25. The van der Waals surface area contributed by atoms with Crippen LogP contribution >= 0.6 is 12.2 Å². The number of hydrogen-bond acceptors (Lipinski definition) is 4. The summed E-state index contributed by atoms with van der Waals surface area (Å²) in [5, 5.41) is 8.41. The molecule has 17 heavy (non-hydrogen) atoms. The molecule has 92 valence electrons. The standard InChI is InChI=1S/C12H18N4S/c1-7-8(2)14-15-12(10(7)11(13)17)16(3)6-9-4-5-9/h9H,4-6H2,1-3H3,(H2,13,17). The predicted molar refractivity (Wildman–Crippen MR) is 73.4 cm³/mol. The highest BCUT2D eigenvalue weighted by atomic mass is 32.1. The maximum absolute atomic E-state index is 5.81. The lowest BCUT2D eigenvalue weighted by Crippen LogP contribution is -2.27. The van der Waals surface area contributed by atoms with Crippen molar-refractivity contribution in [3.8, 4) is 0 Å². The van der Waals surface area contributed by atoms with Crippen LogP contribution in [0.15, 0.2) is 0 Å². The average Bonchev–Trinajstić information content (AvgIpc) is 3.04. The fraction of sp³-hybridized carbons (Fsp3) is 0.583. The molecule has 2 rings (SSSR count). The van der Waals surface area contributed by atoms with Crippen molar-refractivity contribution < 1.29 is 0 Å². The largest absolute Gasteiger partial charge is 0.389 e. The van der Waals surface area contributed by atoms with Crippen LogP contribution in [0.3, 0.4) is 0 Å². The first kappa shape index (κ1) is 12.2. The van der Waals surface area contributed by atoms with Crippen LogP contribution < -0.4 is 10.6 Å². The van der Waals surface area contributed by atoms with Crippen molar-refractivity contribution in [1.29, 1.82) is 0 Å². The molecule has 1 aliphatic carbocycles. The number of rotatable bonds is 4. The third-order valence-electron chi connectivity index (χ3n) is 3.27. The summed E-state index contributed by atoms with van der Waals surface area (Å²) in [6.07, 6.45) is 2.62. The van der Waals surface area contributed by atoms with E-state index < -0.39 is 0 Å². The molecular formula is C12H18N4S. The zero-order chi connectivity index (χ0) is 12.6. The van der Waals surface area contributed by atoms with Gasteiger partial charge in [-0.25, -0.2) is 0 Å². The van der Waals surface area contributed by atoms with Crippen LogP contribution in [0.4, 0.5) is 5.82 Å². The second-order valence-corrected chi connectivity index (χ2v) is 5.24. The summed E-state index contributed by atoms with van der Waals surface area (Å²) in [6, 6.07) is 0. The maximum atomic E-state index is 5.81. The van der Waals surface area contributed by atoms with Gasteiger partial charge in [-0.1, -0.05) is 12.2 Å². The molecule has 0 unspecified atom stereocenters. The van der Waals surface area contributed by atoms with E-state index in [1.165, 1.54) is 12.8 Å². The molecule has 1 saturated carbocycles. The Morgan fingerprint density at radius 2 is 2.06 bits per heavy atom. The van der Waals surface area contributed by atoms with Crippen LogP contribution in [-0.2, 0) is 0 Å². The van der Waals surface area contributed by atoms with Crippen LogP contribution in [0.25, 0.3) is 0 Å². The summed E-state index contributed by atoms with van der Waals surface area (Å²) < 4.78 is 0. The Balaban J connectivity index is 2.37. The molecule has 0 radical (unpaired) electrons. The van der Waals surface area contributed by atoms with Gasteiger partial charge in [-0.15, -0.1) is 5.10 Å². The number of hydrogen-bond donors (Lipinski definition) is 1. The summed E-state index contributed by atoms with van der Waals surface area (Å²) in [6.45, 7) is 4.93. The Kier molecular flexibility index (Phi) is 3.28. The topological polar surface area (TPSA) is 55.0 Å². The molecule has 0 aliphatic heterocycles. The first-order valence-electron chi connectivity index (χ1n) is 5.85. The molecule has 0 amide bonds. The molecule has 0 atom stereocenters. The van der Waals surface area contributed by atoms with Crippen molar-refractivity contribution in [2.45, 2.75) is 26.7 Å². The summed E-state index contributed by atoms with van der Waals surface area (Å²) in [5.41, 5.74) is 8.59. The SMILES string of the molecule is Cc1nnc(N(C)CC2CC2)c(C(N)=S)c1C. The normalized spacial score (nSPS) is 14.8. The van der Waals surface area contributed by atoms with Crippen molar-refractivity contribution in [3.63, 3.8) is 0 Å². The minimum Gasteiger partial charge on any atom is -0.389 e. The molecule has 5 heteroatoms. The average molecular weight is 250 g/mol.